The second-order valence-corrected chi connectivity index (χ2v) is 7.36. The Hall–Kier alpha value is -3.14. The number of aryl methyl sites for hydroxylation is 4. The number of aromatic hydroxyl groups is 1. The standard InChI is InChI=1S/C24H21BN2O/c1-13-6-5-7-18-16(4)21(11-10-17(13)18)26-27-23-15(3)12-20-19(24(23)28)9-8-14(2)22(20)25/h5-12,28H,1-4H3. The van der Waals surface area contributed by atoms with Crippen LogP contribution in [-0.2, 0) is 0 Å². The number of azo groups is 1. The van der Waals surface area contributed by atoms with Crippen LogP contribution in [0.5, 0.6) is 5.75 Å². The lowest BCUT2D eigenvalue weighted by molar-refractivity contribution is 0.482. The fourth-order valence-electron chi connectivity index (χ4n) is 3.70. The van der Waals surface area contributed by atoms with Crippen LogP contribution >= 0.6 is 0 Å². The van der Waals surface area contributed by atoms with Crippen LogP contribution < -0.4 is 5.46 Å². The summed E-state index contributed by atoms with van der Waals surface area (Å²) >= 11 is 0. The second-order valence-electron chi connectivity index (χ2n) is 7.36. The molecular weight excluding hydrogens is 343 g/mol. The quantitative estimate of drug-likeness (QED) is 0.337. The van der Waals surface area contributed by atoms with E-state index in [4.69, 9.17) is 7.85 Å². The number of benzene rings is 4. The summed E-state index contributed by atoms with van der Waals surface area (Å²) in [6.07, 6.45) is 0. The number of hydrogen-bond donors (Lipinski definition) is 1. The molecule has 4 aromatic rings. The van der Waals surface area contributed by atoms with E-state index in [1.165, 1.54) is 16.3 Å². The van der Waals surface area contributed by atoms with E-state index >= 15 is 0 Å². The smallest absolute Gasteiger partial charge is 0.151 e. The Labute approximate surface area is 166 Å². The topological polar surface area (TPSA) is 45.0 Å². The van der Waals surface area contributed by atoms with Crippen molar-refractivity contribution in [2.24, 2.45) is 10.2 Å². The zero-order valence-electron chi connectivity index (χ0n) is 16.5. The first-order valence-corrected chi connectivity index (χ1v) is 9.30. The summed E-state index contributed by atoms with van der Waals surface area (Å²) in [6.45, 7) is 8.02. The molecule has 0 amide bonds. The summed E-state index contributed by atoms with van der Waals surface area (Å²) in [5.74, 6) is 0.111. The summed E-state index contributed by atoms with van der Waals surface area (Å²) in [6, 6.07) is 16.0. The molecule has 0 unspecified atom stereocenters. The van der Waals surface area contributed by atoms with Crippen molar-refractivity contribution in [1.29, 1.82) is 0 Å². The molecule has 28 heavy (non-hydrogen) atoms. The van der Waals surface area contributed by atoms with Gasteiger partial charge in [0.1, 0.15) is 13.5 Å². The molecule has 0 saturated heterocycles. The van der Waals surface area contributed by atoms with Crippen molar-refractivity contribution in [2.75, 3.05) is 0 Å². The van der Waals surface area contributed by atoms with E-state index in [2.05, 4.69) is 41.4 Å². The number of hydrogen-bond acceptors (Lipinski definition) is 3. The average molecular weight is 364 g/mol. The maximum Gasteiger partial charge on any atom is 0.151 e. The lowest BCUT2D eigenvalue weighted by Gasteiger charge is -2.12. The van der Waals surface area contributed by atoms with Crippen LogP contribution in [0.25, 0.3) is 21.5 Å². The van der Waals surface area contributed by atoms with Crippen molar-refractivity contribution in [1.82, 2.24) is 0 Å². The molecular formula is C24H21BN2O. The van der Waals surface area contributed by atoms with Gasteiger partial charge in [0.15, 0.2) is 5.75 Å². The summed E-state index contributed by atoms with van der Waals surface area (Å²) in [5.41, 5.74) is 6.07. The van der Waals surface area contributed by atoms with Crippen LogP contribution in [0.15, 0.2) is 58.8 Å². The van der Waals surface area contributed by atoms with E-state index in [9.17, 15) is 5.11 Å². The van der Waals surface area contributed by atoms with Crippen LogP contribution in [0.2, 0.25) is 0 Å². The summed E-state index contributed by atoms with van der Waals surface area (Å²) in [7, 11) is 6.19. The van der Waals surface area contributed by atoms with E-state index in [1.54, 1.807) is 0 Å². The Morgan fingerprint density at radius 3 is 2.25 bits per heavy atom. The molecule has 2 radical (unpaired) electrons. The molecule has 0 fully saturated rings. The van der Waals surface area contributed by atoms with Crippen LogP contribution in [0.3, 0.4) is 0 Å². The van der Waals surface area contributed by atoms with E-state index in [1.807, 2.05) is 45.0 Å². The molecule has 0 aromatic heterocycles. The van der Waals surface area contributed by atoms with Crippen molar-refractivity contribution < 1.29 is 5.11 Å². The average Bonchev–Trinajstić information content (AvgIpc) is 2.67. The van der Waals surface area contributed by atoms with Gasteiger partial charge < -0.3 is 5.11 Å². The molecule has 136 valence electrons. The SMILES string of the molecule is [B]c1c(C)ccc2c(O)c(N=Nc3ccc4c(C)cccc4c3C)c(C)cc12. The van der Waals surface area contributed by atoms with Gasteiger partial charge in [0.2, 0.25) is 0 Å². The number of fused-ring (bicyclic) bond motifs is 2. The van der Waals surface area contributed by atoms with Gasteiger partial charge in [-0.1, -0.05) is 47.4 Å². The molecule has 0 aliphatic carbocycles. The number of phenolic OH excluding ortho intramolecular Hbond substituents is 1. The van der Waals surface area contributed by atoms with Gasteiger partial charge in [0, 0.05) is 5.39 Å². The minimum atomic E-state index is 0.111. The van der Waals surface area contributed by atoms with E-state index < -0.39 is 0 Å². The molecule has 0 aliphatic rings. The Balaban J connectivity index is 1.84. The molecule has 0 aliphatic heterocycles. The molecule has 0 atom stereocenters. The highest BCUT2D eigenvalue weighted by molar-refractivity contribution is 6.40. The first-order chi connectivity index (χ1) is 13.4. The first kappa shape index (κ1) is 18.2. The minimum Gasteiger partial charge on any atom is -0.505 e. The van der Waals surface area contributed by atoms with Gasteiger partial charge in [-0.2, -0.15) is 5.11 Å². The molecule has 4 rings (SSSR count). The highest BCUT2D eigenvalue weighted by atomic mass is 16.3. The highest BCUT2D eigenvalue weighted by Crippen LogP contribution is 2.39. The van der Waals surface area contributed by atoms with Gasteiger partial charge in [-0.25, -0.2) is 0 Å². The fourth-order valence-corrected chi connectivity index (χ4v) is 3.70. The first-order valence-electron chi connectivity index (χ1n) is 9.30. The van der Waals surface area contributed by atoms with Crippen molar-refractivity contribution in [3.05, 3.63) is 70.8 Å². The van der Waals surface area contributed by atoms with Gasteiger partial charge in [-0.05, 0) is 72.7 Å². The van der Waals surface area contributed by atoms with Crippen LogP contribution in [0, 0.1) is 27.7 Å². The normalized spacial score (nSPS) is 11.7. The zero-order chi connectivity index (χ0) is 20.0. The van der Waals surface area contributed by atoms with Gasteiger partial charge in [0.25, 0.3) is 0 Å². The molecule has 3 nitrogen and oxygen atoms in total. The van der Waals surface area contributed by atoms with Crippen molar-refractivity contribution >= 4 is 46.2 Å². The third kappa shape index (κ3) is 2.86. The molecule has 4 aromatic carbocycles. The third-order valence-electron chi connectivity index (χ3n) is 5.50. The van der Waals surface area contributed by atoms with Gasteiger partial charge in [0.05, 0.1) is 5.69 Å². The van der Waals surface area contributed by atoms with Crippen molar-refractivity contribution in [2.45, 2.75) is 27.7 Å². The van der Waals surface area contributed by atoms with Gasteiger partial charge in [-0.15, -0.1) is 5.11 Å². The number of rotatable bonds is 2. The Morgan fingerprint density at radius 1 is 0.714 bits per heavy atom. The number of phenols is 1. The van der Waals surface area contributed by atoms with E-state index in [-0.39, 0.29) is 5.75 Å². The maximum atomic E-state index is 10.8. The van der Waals surface area contributed by atoms with Crippen LogP contribution in [0.4, 0.5) is 11.4 Å². The van der Waals surface area contributed by atoms with Crippen LogP contribution in [0.1, 0.15) is 22.3 Å². The molecule has 1 N–H and O–H groups in total. The number of nitrogens with zero attached hydrogens (tertiary/aromatic N) is 2. The van der Waals surface area contributed by atoms with E-state index in [0.29, 0.717) is 16.5 Å². The monoisotopic (exact) mass is 364 g/mol. The highest BCUT2D eigenvalue weighted by Gasteiger charge is 2.13. The maximum absolute atomic E-state index is 10.8. The van der Waals surface area contributed by atoms with E-state index in [0.717, 1.165) is 27.8 Å². The molecule has 4 heteroatoms. The lowest BCUT2D eigenvalue weighted by atomic mass is 9.85. The Bertz CT molecular complexity index is 1280. The van der Waals surface area contributed by atoms with Gasteiger partial charge >= 0.3 is 0 Å². The van der Waals surface area contributed by atoms with Crippen molar-refractivity contribution in [3.8, 4) is 5.75 Å². The fraction of sp³-hybridized carbons (Fsp3) is 0.167. The predicted octanol–water partition coefficient (Wildman–Crippen LogP) is 6.14. The minimum absolute atomic E-state index is 0.111. The molecule has 0 bridgehead atoms. The Morgan fingerprint density at radius 2 is 1.46 bits per heavy atom. The summed E-state index contributed by atoms with van der Waals surface area (Å²) in [5, 5.41) is 23.6. The lowest BCUT2D eigenvalue weighted by Crippen LogP contribution is -2.08. The Kier molecular flexibility index (Phi) is 4.42. The summed E-state index contributed by atoms with van der Waals surface area (Å²) < 4.78 is 0. The largest absolute Gasteiger partial charge is 0.505 e. The van der Waals surface area contributed by atoms with Gasteiger partial charge in [-0.3, -0.25) is 0 Å². The molecule has 0 heterocycles. The predicted molar refractivity (Wildman–Crippen MR) is 118 cm³/mol. The van der Waals surface area contributed by atoms with Crippen molar-refractivity contribution in [3.63, 3.8) is 0 Å². The molecule has 0 saturated carbocycles. The second kappa shape index (κ2) is 6.79. The zero-order valence-corrected chi connectivity index (χ0v) is 16.5. The summed E-state index contributed by atoms with van der Waals surface area (Å²) in [4.78, 5) is 0. The molecule has 0 spiro atoms. The third-order valence-corrected chi connectivity index (χ3v) is 5.50. The van der Waals surface area contributed by atoms with Crippen LogP contribution in [-0.4, -0.2) is 13.0 Å².